The second kappa shape index (κ2) is 3.47. The number of allylic oxidation sites excluding steroid dienone is 2. The fraction of sp³-hybridized carbons (Fsp3) is 0.600. The summed E-state index contributed by atoms with van der Waals surface area (Å²) < 4.78 is 0. The SMILES string of the molecule is C/C=C(\C)[CH2][Ge]. The molecule has 0 aliphatic carbocycles. The first-order valence-corrected chi connectivity index (χ1v) is 3.56. The van der Waals surface area contributed by atoms with Crippen LogP contribution < -0.4 is 0 Å². The third-order valence-electron chi connectivity index (χ3n) is 0.772. The van der Waals surface area contributed by atoms with Crippen LogP contribution in [0.1, 0.15) is 13.8 Å². The van der Waals surface area contributed by atoms with Gasteiger partial charge in [0, 0.05) is 0 Å². The minimum atomic E-state index is 1.19. The van der Waals surface area contributed by atoms with E-state index in [2.05, 4.69) is 36.4 Å². The molecule has 0 bridgehead atoms. The van der Waals surface area contributed by atoms with E-state index in [0.717, 1.165) is 0 Å². The van der Waals surface area contributed by atoms with Gasteiger partial charge in [0.15, 0.2) is 0 Å². The van der Waals surface area contributed by atoms with Crippen molar-refractivity contribution >= 4 is 16.5 Å². The van der Waals surface area contributed by atoms with Crippen LogP contribution in [0.15, 0.2) is 11.6 Å². The molecule has 0 saturated carbocycles. The molecule has 0 N–H and O–H groups in total. The zero-order valence-electron chi connectivity index (χ0n) is 4.28. The van der Waals surface area contributed by atoms with E-state index in [1.807, 2.05) is 0 Å². The summed E-state index contributed by atoms with van der Waals surface area (Å²) in [6.45, 7) is 4.21. The predicted octanol–water partition coefficient (Wildman–Crippen LogP) is 1.54. The van der Waals surface area contributed by atoms with Gasteiger partial charge in [0.2, 0.25) is 0 Å². The van der Waals surface area contributed by atoms with Crippen LogP contribution in [0, 0.1) is 0 Å². The van der Waals surface area contributed by atoms with Gasteiger partial charge in [0.25, 0.3) is 0 Å². The first kappa shape index (κ1) is 6.28. The Kier molecular flexibility index (Phi) is 3.64. The predicted molar refractivity (Wildman–Crippen MR) is 30.0 cm³/mol. The number of hydrogen-bond acceptors (Lipinski definition) is 0. The molecule has 33 valence electrons. The van der Waals surface area contributed by atoms with E-state index < -0.39 is 0 Å². The summed E-state index contributed by atoms with van der Waals surface area (Å²) >= 11 is 2.16. The van der Waals surface area contributed by atoms with Gasteiger partial charge < -0.3 is 0 Å². The van der Waals surface area contributed by atoms with E-state index in [9.17, 15) is 0 Å². The second-order valence-electron chi connectivity index (χ2n) is 1.31. The Morgan fingerprint density at radius 1 is 1.83 bits per heavy atom. The van der Waals surface area contributed by atoms with Crippen molar-refractivity contribution in [2.45, 2.75) is 19.1 Å². The Morgan fingerprint density at radius 3 is 2.33 bits per heavy atom. The zero-order chi connectivity index (χ0) is 4.99. The quantitative estimate of drug-likeness (QED) is 0.384. The molecular formula is C5H9Ge. The van der Waals surface area contributed by atoms with Gasteiger partial charge in [-0.15, -0.1) is 0 Å². The van der Waals surface area contributed by atoms with Crippen LogP contribution in [0.25, 0.3) is 0 Å². The van der Waals surface area contributed by atoms with Gasteiger partial charge in [-0.2, -0.15) is 0 Å². The van der Waals surface area contributed by atoms with Crippen molar-refractivity contribution < 1.29 is 0 Å². The van der Waals surface area contributed by atoms with E-state index in [0.29, 0.717) is 0 Å². The van der Waals surface area contributed by atoms with Crippen molar-refractivity contribution in [3.05, 3.63) is 11.6 Å². The monoisotopic (exact) mass is 143 g/mol. The van der Waals surface area contributed by atoms with Crippen molar-refractivity contribution in [1.82, 2.24) is 0 Å². The number of rotatable bonds is 1. The van der Waals surface area contributed by atoms with Crippen molar-refractivity contribution in [3.63, 3.8) is 0 Å². The molecule has 0 aromatic heterocycles. The summed E-state index contributed by atoms with van der Waals surface area (Å²) in [7, 11) is 0. The molecule has 0 heterocycles. The fourth-order valence-corrected chi connectivity index (χ4v) is 0.530. The van der Waals surface area contributed by atoms with E-state index in [1.54, 1.807) is 0 Å². The summed E-state index contributed by atoms with van der Waals surface area (Å²) in [4.78, 5) is 0. The Labute approximate surface area is 47.9 Å². The van der Waals surface area contributed by atoms with E-state index >= 15 is 0 Å². The molecule has 0 spiro atoms. The summed E-state index contributed by atoms with van der Waals surface area (Å²) in [6.07, 6.45) is 2.14. The standard InChI is InChI=1S/C5H9Ge/c1-3-5(2)4-6/h3H,4H2,1-2H3/b5-3+. The molecule has 0 fully saturated rings. The number of hydrogen-bond donors (Lipinski definition) is 0. The Hall–Kier alpha value is 0.283. The average molecular weight is 142 g/mol. The van der Waals surface area contributed by atoms with Gasteiger partial charge in [-0.1, -0.05) is 0 Å². The van der Waals surface area contributed by atoms with Crippen molar-refractivity contribution in [3.8, 4) is 0 Å². The molecule has 0 amide bonds. The van der Waals surface area contributed by atoms with Crippen LogP contribution in [0.4, 0.5) is 0 Å². The van der Waals surface area contributed by atoms with Gasteiger partial charge in [-0.25, -0.2) is 0 Å². The maximum absolute atomic E-state index is 2.16. The van der Waals surface area contributed by atoms with Crippen LogP contribution in [-0.2, 0) is 0 Å². The summed E-state index contributed by atoms with van der Waals surface area (Å²) in [6, 6.07) is 0. The maximum atomic E-state index is 2.16. The van der Waals surface area contributed by atoms with Crippen LogP contribution >= 0.6 is 0 Å². The minimum absolute atomic E-state index is 1.19. The van der Waals surface area contributed by atoms with Crippen LogP contribution in [0.2, 0.25) is 5.25 Å². The molecule has 0 aromatic rings. The topological polar surface area (TPSA) is 0 Å². The Balaban J connectivity index is 3.22. The molecule has 0 aromatic carbocycles. The fourth-order valence-electron chi connectivity index (χ4n) is 0.102. The Morgan fingerprint density at radius 2 is 2.33 bits per heavy atom. The van der Waals surface area contributed by atoms with Crippen molar-refractivity contribution in [2.24, 2.45) is 0 Å². The van der Waals surface area contributed by atoms with Gasteiger partial charge in [0.05, 0.1) is 0 Å². The van der Waals surface area contributed by atoms with Crippen LogP contribution in [0.5, 0.6) is 0 Å². The van der Waals surface area contributed by atoms with Gasteiger partial charge in [-0.3, -0.25) is 0 Å². The molecular weight excluding hydrogens is 133 g/mol. The summed E-state index contributed by atoms with van der Waals surface area (Å²) in [5.41, 5.74) is 1.47. The normalized spacial score (nSPS) is 12.2. The van der Waals surface area contributed by atoms with Crippen molar-refractivity contribution in [2.75, 3.05) is 0 Å². The van der Waals surface area contributed by atoms with Gasteiger partial charge in [0.1, 0.15) is 0 Å². The van der Waals surface area contributed by atoms with Crippen LogP contribution in [-0.4, -0.2) is 16.5 Å². The molecule has 3 radical (unpaired) electrons. The van der Waals surface area contributed by atoms with E-state index in [1.165, 1.54) is 10.8 Å². The zero-order valence-corrected chi connectivity index (χ0v) is 6.38. The Bertz CT molecular complexity index is 55.0. The van der Waals surface area contributed by atoms with Crippen molar-refractivity contribution in [1.29, 1.82) is 0 Å². The summed E-state index contributed by atoms with van der Waals surface area (Å²) in [5.74, 6) is 0. The molecule has 0 aliphatic rings. The van der Waals surface area contributed by atoms with E-state index in [-0.39, 0.29) is 0 Å². The molecule has 0 saturated heterocycles. The van der Waals surface area contributed by atoms with Crippen LogP contribution in [0.3, 0.4) is 0 Å². The molecule has 1 heteroatoms. The first-order chi connectivity index (χ1) is 2.81. The molecule has 0 rings (SSSR count). The molecule has 0 atom stereocenters. The van der Waals surface area contributed by atoms with Gasteiger partial charge >= 0.3 is 47.3 Å². The van der Waals surface area contributed by atoms with Gasteiger partial charge in [-0.05, 0) is 0 Å². The molecule has 0 aliphatic heterocycles. The second-order valence-corrected chi connectivity index (χ2v) is 2.05. The van der Waals surface area contributed by atoms with E-state index in [4.69, 9.17) is 0 Å². The third kappa shape index (κ3) is 2.52. The molecule has 0 unspecified atom stereocenters. The average Bonchev–Trinajstić information content (AvgIpc) is 1.65. The molecule has 0 nitrogen and oxygen atoms in total. The third-order valence-corrected chi connectivity index (χ3v) is 1.94. The molecule has 6 heavy (non-hydrogen) atoms. The summed E-state index contributed by atoms with van der Waals surface area (Å²) in [5, 5.41) is 1.19. The first-order valence-electron chi connectivity index (χ1n) is 2.07.